The van der Waals surface area contributed by atoms with Gasteiger partial charge in [0.25, 0.3) is 5.91 Å². The molecule has 0 spiro atoms. The summed E-state index contributed by atoms with van der Waals surface area (Å²) in [5, 5.41) is 7.95. The second-order valence-electron chi connectivity index (χ2n) is 10.2. The molecule has 42 heavy (non-hydrogen) atoms. The molecule has 0 bridgehead atoms. The van der Waals surface area contributed by atoms with Crippen molar-refractivity contribution in [2.45, 2.75) is 38.6 Å². The number of halogens is 4. The van der Waals surface area contributed by atoms with Crippen LogP contribution in [0.2, 0.25) is 0 Å². The number of Topliss-reactive ketones (excluding diaryl/α,β-unsaturated/α-hetero) is 1. The number of rotatable bonds is 10. The summed E-state index contributed by atoms with van der Waals surface area (Å²) in [4.78, 5) is 49.7. The van der Waals surface area contributed by atoms with E-state index in [0.29, 0.717) is 23.9 Å². The molecule has 1 saturated heterocycles. The van der Waals surface area contributed by atoms with E-state index in [9.17, 15) is 36.7 Å². The molecule has 2 atom stereocenters. The van der Waals surface area contributed by atoms with Gasteiger partial charge in [0.05, 0.1) is 12.6 Å². The number of benzene rings is 2. The van der Waals surface area contributed by atoms with E-state index in [1.165, 1.54) is 18.9 Å². The molecule has 2 heterocycles. The summed E-state index contributed by atoms with van der Waals surface area (Å²) in [7, 11) is 0. The van der Waals surface area contributed by atoms with E-state index in [-0.39, 0.29) is 24.2 Å². The van der Waals surface area contributed by atoms with Crippen molar-refractivity contribution in [2.24, 2.45) is 11.8 Å². The van der Waals surface area contributed by atoms with Gasteiger partial charge in [0.1, 0.15) is 12.2 Å². The third-order valence-electron chi connectivity index (χ3n) is 6.76. The van der Waals surface area contributed by atoms with Gasteiger partial charge in [0.15, 0.2) is 28.9 Å². The lowest BCUT2D eigenvalue weighted by Gasteiger charge is -2.20. The van der Waals surface area contributed by atoms with Gasteiger partial charge in [-0.05, 0) is 30.9 Å². The average Bonchev–Trinajstić information content (AvgIpc) is 3.45. The molecule has 1 saturated carbocycles. The lowest BCUT2D eigenvalue weighted by Crippen LogP contribution is -2.48. The van der Waals surface area contributed by atoms with Crippen LogP contribution >= 0.6 is 0 Å². The molecule has 0 unspecified atom stereocenters. The fourth-order valence-electron chi connectivity index (χ4n) is 4.10. The summed E-state index contributed by atoms with van der Waals surface area (Å²) in [6, 6.07) is 6.97. The largest absolute Gasteiger partial charge is 0.479 e. The minimum Gasteiger partial charge on any atom is -0.479 e. The molecule has 1 aromatic heterocycles. The van der Waals surface area contributed by atoms with E-state index in [0.717, 1.165) is 5.92 Å². The van der Waals surface area contributed by atoms with Crippen LogP contribution in [0.1, 0.15) is 43.2 Å². The number of carbonyl (C=O) groups is 4. The summed E-state index contributed by atoms with van der Waals surface area (Å²) in [5.41, 5.74) is 0.466. The van der Waals surface area contributed by atoms with E-state index in [2.05, 4.69) is 22.9 Å². The predicted molar refractivity (Wildman–Crippen MR) is 141 cm³/mol. The number of amides is 3. The highest BCUT2D eigenvalue weighted by Crippen LogP contribution is 2.27. The van der Waals surface area contributed by atoms with E-state index >= 15 is 0 Å². The Balaban J connectivity index is 0.000000932. The number of hydrogen-bond acceptors (Lipinski definition) is 6. The second-order valence-corrected chi connectivity index (χ2v) is 10.2. The zero-order valence-corrected chi connectivity index (χ0v) is 22.6. The summed E-state index contributed by atoms with van der Waals surface area (Å²) in [6.07, 6.45) is 3.15. The van der Waals surface area contributed by atoms with E-state index in [1.807, 2.05) is 0 Å². The minimum absolute atomic E-state index is 0.0132. The van der Waals surface area contributed by atoms with Gasteiger partial charge in [0, 0.05) is 23.9 Å². The maximum absolute atomic E-state index is 13.9. The van der Waals surface area contributed by atoms with Crippen molar-refractivity contribution in [3.63, 3.8) is 0 Å². The molecule has 3 aromatic rings. The average molecular weight is 592 g/mol. The number of ketones is 1. The molecule has 3 N–H and O–H groups in total. The lowest BCUT2D eigenvalue weighted by atomic mass is 9.96. The summed E-state index contributed by atoms with van der Waals surface area (Å²) < 4.78 is 64.8. The molecule has 1 aliphatic carbocycles. The Morgan fingerprint density at radius 3 is 2.31 bits per heavy atom. The van der Waals surface area contributed by atoms with Crippen LogP contribution in [-0.4, -0.2) is 49.2 Å². The van der Waals surface area contributed by atoms with Gasteiger partial charge in [-0.2, -0.15) is 8.78 Å². The lowest BCUT2D eigenvalue weighted by molar-refractivity contribution is -0.130. The Bertz CT molecular complexity index is 1430. The van der Waals surface area contributed by atoms with E-state index in [1.54, 1.807) is 24.3 Å². The van der Waals surface area contributed by atoms with E-state index < -0.39 is 71.7 Å². The highest BCUT2D eigenvalue weighted by molar-refractivity contribution is 5.98. The fourth-order valence-corrected chi connectivity index (χ4v) is 4.10. The SMILES string of the molecule is CC1CC1.O=C(CNC(=O)c1cc2ccccc2o1)N[C@@H](C[C@@H]1CCNC1=O)C(=O)COc1c(F)c(F)cc(F)c1F. The molecule has 2 aliphatic rings. The number of para-hydroxylation sites is 1. The maximum Gasteiger partial charge on any atom is 0.287 e. The highest BCUT2D eigenvalue weighted by Gasteiger charge is 2.32. The van der Waals surface area contributed by atoms with Crippen molar-refractivity contribution in [1.29, 1.82) is 0 Å². The molecular formula is C29H29F4N3O6. The summed E-state index contributed by atoms with van der Waals surface area (Å²) >= 11 is 0. The van der Waals surface area contributed by atoms with Gasteiger partial charge in [-0.1, -0.05) is 38.0 Å². The van der Waals surface area contributed by atoms with Crippen molar-refractivity contribution in [3.8, 4) is 5.75 Å². The van der Waals surface area contributed by atoms with Crippen LogP contribution in [0.25, 0.3) is 11.0 Å². The smallest absolute Gasteiger partial charge is 0.287 e. The Morgan fingerprint density at radius 1 is 1.05 bits per heavy atom. The van der Waals surface area contributed by atoms with Crippen molar-refractivity contribution >= 4 is 34.5 Å². The topological polar surface area (TPSA) is 127 Å². The van der Waals surface area contributed by atoms with Crippen LogP contribution < -0.4 is 20.7 Å². The Hall–Kier alpha value is -4.42. The summed E-state index contributed by atoms with van der Waals surface area (Å²) in [6.45, 7) is 0.985. The molecule has 0 radical (unpaired) electrons. The summed E-state index contributed by atoms with van der Waals surface area (Å²) in [5.74, 6) is -11.0. The molecule has 9 nitrogen and oxygen atoms in total. The zero-order chi connectivity index (χ0) is 30.4. The van der Waals surface area contributed by atoms with Gasteiger partial charge >= 0.3 is 0 Å². The van der Waals surface area contributed by atoms with Crippen LogP contribution in [0.4, 0.5) is 17.6 Å². The van der Waals surface area contributed by atoms with Crippen LogP contribution in [0.15, 0.2) is 40.8 Å². The molecular weight excluding hydrogens is 562 g/mol. The first-order valence-corrected chi connectivity index (χ1v) is 13.4. The molecule has 224 valence electrons. The quantitative estimate of drug-likeness (QED) is 0.243. The number of fused-ring (bicyclic) bond motifs is 1. The monoisotopic (exact) mass is 591 g/mol. The molecule has 3 amide bonds. The van der Waals surface area contributed by atoms with Crippen LogP contribution in [0.3, 0.4) is 0 Å². The number of nitrogens with one attached hydrogen (secondary N) is 3. The van der Waals surface area contributed by atoms with Crippen LogP contribution in [0.5, 0.6) is 5.75 Å². The van der Waals surface area contributed by atoms with Crippen molar-refractivity contribution < 1.29 is 45.9 Å². The first-order chi connectivity index (χ1) is 20.0. The minimum atomic E-state index is -1.83. The van der Waals surface area contributed by atoms with Crippen LogP contribution in [0, 0.1) is 35.1 Å². The molecule has 2 aromatic carbocycles. The Labute approximate surface area is 238 Å². The normalized spacial score (nSPS) is 16.7. The Kier molecular flexibility index (Phi) is 9.81. The maximum atomic E-state index is 13.9. The third kappa shape index (κ3) is 7.86. The van der Waals surface area contributed by atoms with Gasteiger partial charge in [-0.15, -0.1) is 0 Å². The van der Waals surface area contributed by atoms with Gasteiger partial charge < -0.3 is 25.1 Å². The van der Waals surface area contributed by atoms with E-state index in [4.69, 9.17) is 9.15 Å². The van der Waals surface area contributed by atoms with Crippen LogP contribution in [-0.2, 0) is 14.4 Å². The highest BCUT2D eigenvalue weighted by atomic mass is 19.2. The predicted octanol–water partition coefficient (Wildman–Crippen LogP) is 3.79. The zero-order valence-electron chi connectivity index (χ0n) is 22.6. The third-order valence-corrected chi connectivity index (χ3v) is 6.76. The number of hydrogen-bond donors (Lipinski definition) is 3. The molecule has 1 aliphatic heterocycles. The second kappa shape index (κ2) is 13.5. The number of ether oxygens (including phenoxy) is 1. The fraction of sp³-hybridized carbons (Fsp3) is 0.379. The van der Waals surface area contributed by atoms with Crippen molar-refractivity contribution in [1.82, 2.24) is 16.0 Å². The Morgan fingerprint density at radius 2 is 1.71 bits per heavy atom. The van der Waals surface area contributed by atoms with Gasteiger partial charge in [-0.25, -0.2) is 8.78 Å². The first kappa shape index (κ1) is 30.5. The molecule has 13 heteroatoms. The van der Waals surface area contributed by atoms with Crippen molar-refractivity contribution in [3.05, 3.63) is 65.4 Å². The molecule has 2 fully saturated rings. The first-order valence-electron chi connectivity index (χ1n) is 13.4. The standard InChI is InChI=1S/C25H21F4N3O6.C4H8/c26-14-9-15(27)22(29)23(21(14)28)37-11-17(33)16(7-13-5-6-30-24(13)35)32-20(34)10-31-25(36)19-8-12-3-1-2-4-18(12)38-19;1-4-2-3-4/h1-4,8-9,13,16H,5-7,10-11H2,(H,30,35)(H,31,36)(H,32,34);4H,2-3H2,1H3/t13-,16-;/m0./s1. The van der Waals surface area contributed by atoms with Gasteiger partial charge in [0.2, 0.25) is 23.4 Å². The van der Waals surface area contributed by atoms with Crippen molar-refractivity contribution in [2.75, 3.05) is 19.7 Å². The number of furan rings is 1. The number of carbonyl (C=O) groups excluding carboxylic acids is 4. The van der Waals surface area contributed by atoms with Gasteiger partial charge in [-0.3, -0.25) is 19.2 Å². The molecule has 5 rings (SSSR count).